The SMILES string of the molecule is COC(=O)C[C@H]1C[C@H](OC(=O)c2ccccc2)C(=O)O1. The first-order chi connectivity index (χ1) is 9.60. The summed E-state index contributed by atoms with van der Waals surface area (Å²) in [5.74, 6) is -1.70. The van der Waals surface area contributed by atoms with Crippen molar-refractivity contribution in [1.82, 2.24) is 0 Å². The van der Waals surface area contributed by atoms with Crippen LogP contribution in [-0.2, 0) is 23.8 Å². The zero-order chi connectivity index (χ0) is 14.5. The van der Waals surface area contributed by atoms with Gasteiger partial charge in [-0.25, -0.2) is 9.59 Å². The van der Waals surface area contributed by atoms with Crippen molar-refractivity contribution in [2.24, 2.45) is 0 Å². The van der Waals surface area contributed by atoms with Crippen LogP contribution in [0.15, 0.2) is 30.3 Å². The summed E-state index contributed by atoms with van der Waals surface area (Å²) in [4.78, 5) is 34.5. The summed E-state index contributed by atoms with van der Waals surface area (Å²) in [5.41, 5.74) is 0.358. The van der Waals surface area contributed by atoms with Crippen LogP contribution >= 0.6 is 0 Å². The molecule has 2 atom stereocenters. The van der Waals surface area contributed by atoms with Gasteiger partial charge in [0, 0.05) is 6.42 Å². The zero-order valence-electron chi connectivity index (χ0n) is 10.9. The number of benzene rings is 1. The third kappa shape index (κ3) is 3.34. The Morgan fingerprint density at radius 3 is 2.65 bits per heavy atom. The van der Waals surface area contributed by atoms with Crippen LogP contribution < -0.4 is 0 Å². The second-order valence-electron chi connectivity index (χ2n) is 4.33. The minimum Gasteiger partial charge on any atom is -0.469 e. The normalized spacial score (nSPS) is 21.1. The molecule has 0 saturated carbocycles. The van der Waals surface area contributed by atoms with E-state index in [9.17, 15) is 14.4 Å². The smallest absolute Gasteiger partial charge is 0.347 e. The van der Waals surface area contributed by atoms with E-state index < -0.39 is 30.1 Å². The van der Waals surface area contributed by atoms with E-state index in [1.165, 1.54) is 7.11 Å². The number of carbonyl (C=O) groups is 3. The molecule has 1 fully saturated rings. The van der Waals surface area contributed by atoms with Gasteiger partial charge in [-0.2, -0.15) is 0 Å². The molecule has 0 bridgehead atoms. The van der Waals surface area contributed by atoms with Gasteiger partial charge >= 0.3 is 17.9 Å². The van der Waals surface area contributed by atoms with E-state index in [1.54, 1.807) is 30.3 Å². The first-order valence-electron chi connectivity index (χ1n) is 6.13. The van der Waals surface area contributed by atoms with Crippen LogP contribution in [0, 0.1) is 0 Å². The van der Waals surface area contributed by atoms with E-state index in [4.69, 9.17) is 9.47 Å². The average Bonchev–Trinajstić information content (AvgIpc) is 2.79. The van der Waals surface area contributed by atoms with Gasteiger partial charge in [-0.05, 0) is 12.1 Å². The Labute approximate surface area is 115 Å². The molecule has 0 radical (unpaired) electrons. The number of hydrogen-bond acceptors (Lipinski definition) is 6. The Kier molecular flexibility index (Phi) is 4.34. The van der Waals surface area contributed by atoms with Crippen LogP contribution in [0.2, 0.25) is 0 Å². The van der Waals surface area contributed by atoms with Crippen molar-refractivity contribution in [2.75, 3.05) is 7.11 Å². The minimum absolute atomic E-state index is 0.0401. The van der Waals surface area contributed by atoms with Gasteiger partial charge in [-0.3, -0.25) is 4.79 Å². The summed E-state index contributed by atoms with van der Waals surface area (Å²) in [6.45, 7) is 0. The fourth-order valence-corrected chi connectivity index (χ4v) is 1.89. The molecule has 1 aliphatic heterocycles. The number of methoxy groups -OCH3 is 1. The third-order valence-electron chi connectivity index (χ3n) is 2.90. The summed E-state index contributed by atoms with van der Waals surface area (Å²) in [6.07, 6.45) is -1.46. The van der Waals surface area contributed by atoms with Crippen molar-refractivity contribution in [2.45, 2.75) is 25.0 Å². The lowest BCUT2D eigenvalue weighted by atomic mass is 10.1. The maximum atomic E-state index is 11.8. The largest absolute Gasteiger partial charge is 0.469 e. The topological polar surface area (TPSA) is 78.9 Å². The second kappa shape index (κ2) is 6.18. The van der Waals surface area contributed by atoms with Gasteiger partial charge in [0.05, 0.1) is 19.1 Å². The molecule has 0 N–H and O–H groups in total. The lowest BCUT2D eigenvalue weighted by molar-refractivity contribution is -0.150. The number of rotatable bonds is 4. The molecule has 0 spiro atoms. The molecule has 6 heteroatoms. The maximum Gasteiger partial charge on any atom is 0.347 e. The molecule has 1 aliphatic rings. The minimum atomic E-state index is -0.975. The van der Waals surface area contributed by atoms with E-state index in [0.717, 1.165) is 0 Å². The highest BCUT2D eigenvalue weighted by molar-refractivity contribution is 5.91. The molecular formula is C14H14O6. The Morgan fingerprint density at radius 1 is 1.30 bits per heavy atom. The highest BCUT2D eigenvalue weighted by atomic mass is 16.6. The number of ether oxygens (including phenoxy) is 3. The van der Waals surface area contributed by atoms with Crippen LogP contribution in [0.3, 0.4) is 0 Å². The Hall–Kier alpha value is -2.37. The molecule has 106 valence electrons. The van der Waals surface area contributed by atoms with Crippen molar-refractivity contribution < 1.29 is 28.6 Å². The fourth-order valence-electron chi connectivity index (χ4n) is 1.89. The van der Waals surface area contributed by atoms with Crippen LogP contribution in [0.1, 0.15) is 23.2 Å². The van der Waals surface area contributed by atoms with E-state index in [-0.39, 0.29) is 12.8 Å². The molecule has 20 heavy (non-hydrogen) atoms. The summed E-state index contributed by atoms with van der Waals surface area (Å²) in [7, 11) is 1.26. The van der Waals surface area contributed by atoms with Crippen LogP contribution in [-0.4, -0.2) is 37.2 Å². The molecule has 0 unspecified atom stereocenters. The van der Waals surface area contributed by atoms with Crippen LogP contribution in [0.25, 0.3) is 0 Å². The highest BCUT2D eigenvalue weighted by Gasteiger charge is 2.38. The monoisotopic (exact) mass is 278 g/mol. The molecule has 2 rings (SSSR count). The summed E-state index contributed by atoms with van der Waals surface area (Å²) in [6, 6.07) is 8.35. The summed E-state index contributed by atoms with van der Waals surface area (Å²) < 4.78 is 14.6. The Bertz CT molecular complexity index is 510. The fraction of sp³-hybridized carbons (Fsp3) is 0.357. The first kappa shape index (κ1) is 14.0. The van der Waals surface area contributed by atoms with Crippen LogP contribution in [0.4, 0.5) is 0 Å². The van der Waals surface area contributed by atoms with Gasteiger partial charge in [0.1, 0.15) is 6.10 Å². The second-order valence-corrected chi connectivity index (χ2v) is 4.33. The van der Waals surface area contributed by atoms with Crippen molar-refractivity contribution in [3.63, 3.8) is 0 Å². The number of cyclic esters (lactones) is 1. The number of carbonyl (C=O) groups excluding carboxylic acids is 3. The van der Waals surface area contributed by atoms with Gasteiger partial charge in [-0.15, -0.1) is 0 Å². The highest BCUT2D eigenvalue weighted by Crippen LogP contribution is 2.22. The lowest BCUT2D eigenvalue weighted by Crippen LogP contribution is -2.22. The Morgan fingerprint density at radius 2 is 2.00 bits per heavy atom. The van der Waals surface area contributed by atoms with Gasteiger partial charge < -0.3 is 14.2 Å². The zero-order valence-corrected chi connectivity index (χ0v) is 10.9. The summed E-state index contributed by atoms with van der Waals surface area (Å²) in [5, 5.41) is 0. The van der Waals surface area contributed by atoms with E-state index >= 15 is 0 Å². The predicted octanol–water partition coefficient (Wildman–Crippen LogP) is 1.09. The molecule has 6 nitrogen and oxygen atoms in total. The molecule has 1 aromatic carbocycles. The van der Waals surface area contributed by atoms with Gasteiger partial charge in [0.25, 0.3) is 0 Å². The van der Waals surface area contributed by atoms with Crippen molar-refractivity contribution in [1.29, 1.82) is 0 Å². The quantitative estimate of drug-likeness (QED) is 0.606. The molecule has 1 heterocycles. The van der Waals surface area contributed by atoms with Crippen molar-refractivity contribution in [3.8, 4) is 0 Å². The molecular weight excluding hydrogens is 264 g/mol. The maximum absolute atomic E-state index is 11.8. The third-order valence-corrected chi connectivity index (χ3v) is 2.90. The van der Waals surface area contributed by atoms with Gasteiger partial charge in [0.2, 0.25) is 6.10 Å². The summed E-state index contributed by atoms with van der Waals surface area (Å²) >= 11 is 0. The predicted molar refractivity (Wildman–Crippen MR) is 66.8 cm³/mol. The van der Waals surface area contributed by atoms with E-state index in [0.29, 0.717) is 5.56 Å². The molecule has 1 saturated heterocycles. The molecule has 0 aliphatic carbocycles. The molecule has 0 aromatic heterocycles. The molecule has 0 amide bonds. The van der Waals surface area contributed by atoms with Crippen molar-refractivity contribution >= 4 is 17.9 Å². The molecule has 1 aromatic rings. The Balaban J connectivity index is 1.92. The first-order valence-corrected chi connectivity index (χ1v) is 6.13. The van der Waals surface area contributed by atoms with E-state index in [2.05, 4.69) is 4.74 Å². The van der Waals surface area contributed by atoms with E-state index in [1.807, 2.05) is 0 Å². The average molecular weight is 278 g/mol. The van der Waals surface area contributed by atoms with Crippen molar-refractivity contribution in [3.05, 3.63) is 35.9 Å². The van der Waals surface area contributed by atoms with Gasteiger partial charge in [-0.1, -0.05) is 18.2 Å². The van der Waals surface area contributed by atoms with Crippen LogP contribution in [0.5, 0.6) is 0 Å². The standard InChI is InChI=1S/C14H14O6/c1-18-12(15)8-10-7-11(14(17)19-10)20-13(16)9-5-3-2-4-6-9/h2-6,10-11H,7-8H2,1H3/t10-,11+/m1/s1. The van der Waals surface area contributed by atoms with Gasteiger partial charge in [0.15, 0.2) is 0 Å². The number of esters is 3. The lowest BCUT2D eigenvalue weighted by Gasteiger charge is -2.08. The number of hydrogen-bond donors (Lipinski definition) is 0.